The number of rotatable bonds is 9. The fraction of sp³-hybridized carbons (Fsp3) is 0.348. The van der Waals surface area contributed by atoms with Crippen LogP contribution in [0.3, 0.4) is 0 Å². The molecule has 2 aromatic heterocycles. The number of carbonyl (C=O) groups excluding carboxylic acids is 2. The van der Waals surface area contributed by atoms with Gasteiger partial charge in [0, 0.05) is 12.6 Å². The molecule has 32 heavy (non-hydrogen) atoms. The number of hydrogen-bond donors (Lipinski definition) is 0. The van der Waals surface area contributed by atoms with Crippen molar-refractivity contribution in [3.63, 3.8) is 0 Å². The van der Waals surface area contributed by atoms with E-state index in [0.29, 0.717) is 27.9 Å². The molecule has 1 aromatic carbocycles. The summed E-state index contributed by atoms with van der Waals surface area (Å²) in [6.07, 6.45) is 2.70. The number of thiazole rings is 1. The molecule has 0 N–H and O–H groups in total. The van der Waals surface area contributed by atoms with Gasteiger partial charge in [-0.1, -0.05) is 49.3 Å². The number of esters is 1. The van der Waals surface area contributed by atoms with Gasteiger partial charge >= 0.3 is 5.97 Å². The van der Waals surface area contributed by atoms with Crippen LogP contribution in [0.5, 0.6) is 0 Å². The molecule has 0 saturated carbocycles. The second-order valence-corrected chi connectivity index (χ2v) is 8.08. The summed E-state index contributed by atoms with van der Waals surface area (Å²) in [5, 5.41) is 4.72. The van der Waals surface area contributed by atoms with Crippen molar-refractivity contribution in [2.45, 2.75) is 40.0 Å². The Labute approximate surface area is 190 Å². The largest absolute Gasteiger partial charge is 0.462 e. The third-order valence-electron chi connectivity index (χ3n) is 4.73. The lowest BCUT2D eigenvalue weighted by atomic mass is 10.2. The highest BCUT2D eigenvalue weighted by Crippen LogP contribution is 2.28. The topological polar surface area (TPSA) is 94.4 Å². The fourth-order valence-electron chi connectivity index (χ4n) is 3.11. The average molecular weight is 455 g/mol. The van der Waals surface area contributed by atoms with Crippen LogP contribution in [0.1, 0.15) is 59.0 Å². The third kappa shape index (κ3) is 5.28. The van der Waals surface area contributed by atoms with Crippen LogP contribution in [0.2, 0.25) is 0 Å². The van der Waals surface area contributed by atoms with Crippen LogP contribution in [0.25, 0.3) is 5.69 Å². The van der Waals surface area contributed by atoms with Crippen molar-refractivity contribution in [3.8, 4) is 5.69 Å². The van der Waals surface area contributed by atoms with Gasteiger partial charge in [-0.2, -0.15) is 9.78 Å². The van der Waals surface area contributed by atoms with E-state index in [9.17, 15) is 14.4 Å². The molecule has 8 nitrogen and oxygen atoms in total. The van der Waals surface area contributed by atoms with E-state index >= 15 is 0 Å². The fourth-order valence-corrected chi connectivity index (χ4v) is 4.09. The number of ether oxygens (including phenoxy) is 1. The lowest BCUT2D eigenvalue weighted by Crippen LogP contribution is -2.34. The van der Waals surface area contributed by atoms with E-state index in [-0.39, 0.29) is 23.8 Å². The lowest BCUT2D eigenvalue weighted by Gasteiger charge is -2.19. The Kier molecular flexibility index (Phi) is 7.88. The molecule has 1 amide bonds. The molecule has 3 aromatic rings. The predicted molar refractivity (Wildman–Crippen MR) is 124 cm³/mol. The van der Waals surface area contributed by atoms with Gasteiger partial charge in [0.2, 0.25) is 0 Å². The highest BCUT2D eigenvalue weighted by molar-refractivity contribution is 7.17. The molecule has 0 radical (unpaired) electrons. The lowest BCUT2D eigenvalue weighted by molar-refractivity contribution is 0.0531. The van der Waals surface area contributed by atoms with Gasteiger partial charge in [-0.05, 0) is 38.5 Å². The number of nitrogens with zero attached hydrogens (tertiary/aromatic N) is 4. The van der Waals surface area contributed by atoms with Crippen molar-refractivity contribution in [2.24, 2.45) is 0 Å². The number of amides is 1. The van der Waals surface area contributed by atoms with Crippen LogP contribution < -0.4 is 10.5 Å². The number of aryl methyl sites for hydroxylation is 1. The van der Waals surface area contributed by atoms with Crippen LogP contribution in [0.4, 0.5) is 5.13 Å². The first kappa shape index (κ1) is 23.3. The molecule has 0 aliphatic heterocycles. The minimum absolute atomic E-state index is 0.121. The summed E-state index contributed by atoms with van der Waals surface area (Å²) in [6, 6.07) is 11.7. The van der Waals surface area contributed by atoms with E-state index in [4.69, 9.17) is 4.74 Å². The first-order chi connectivity index (χ1) is 15.5. The molecule has 0 unspecified atom stereocenters. The van der Waals surface area contributed by atoms with E-state index < -0.39 is 5.97 Å². The van der Waals surface area contributed by atoms with E-state index in [0.717, 1.165) is 30.6 Å². The zero-order chi connectivity index (χ0) is 23.1. The van der Waals surface area contributed by atoms with Crippen LogP contribution in [-0.4, -0.2) is 39.8 Å². The van der Waals surface area contributed by atoms with Crippen molar-refractivity contribution in [1.82, 2.24) is 14.8 Å². The van der Waals surface area contributed by atoms with E-state index in [1.165, 1.54) is 21.7 Å². The monoisotopic (exact) mass is 454 g/mol. The molecule has 0 fully saturated rings. The minimum Gasteiger partial charge on any atom is -0.462 e. The Morgan fingerprint density at radius 1 is 1.09 bits per heavy atom. The maximum Gasteiger partial charge on any atom is 0.350 e. The van der Waals surface area contributed by atoms with Crippen LogP contribution in [0.15, 0.2) is 47.3 Å². The zero-order valence-electron chi connectivity index (χ0n) is 18.4. The zero-order valence-corrected chi connectivity index (χ0v) is 19.2. The molecule has 3 rings (SSSR count). The highest BCUT2D eigenvalue weighted by atomic mass is 32.1. The summed E-state index contributed by atoms with van der Waals surface area (Å²) < 4.78 is 6.30. The van der Waals surface area contributed by atoms with E-state index in [1.807, 2.05) is 6.07 Å². The van der Waals surface area contributed by atoms with Gasteiger partial charge < -0.3 is 4.74 Å². The van der Waals surface area contributed by atoms with Crippen LogP contribution in [-0.2, 0) is 4.74 Å². The predicted octanol–water partition coefficient (Wildman–Crippen LogP) is 4.01. The number of aromatic nitrogens is 3. The Balaban J connectivity index is 1.98. The number of hydrogen-bond acceptors (Lipinski definition) is 7. The summed E-state index contributed by atoms with van der Waals surface area (Å²) in [5.74, 6) is -0.833. The van der Waals surface area contributed by atoms with Gasteiger partial charge in [-0.15, -0.1) is 0 Å². The quantitative estimate of drug-likeness (QED) is 0.358. The van der Waals surface area contributed by atoms with Crippen molar-refractivity contribution in [3.05, 3.63) is 69.1 Å². The summed E-state index contributed by atoms with van der Waals surface area (Å²) in [5.41, 5.74) is 0.869. The molecule has 0 aliphatic rings. The summed E-state index contributed by atoms with van der Waals surface area (Å²) in [7, 11) is 0. The molecule has 9 heteroatoms. The first-order valence-corrected chi connectivity index (χ1v) is 11.4. The summed E-state index contributed by atoms with van der Waals surface area (Å²) in [4.78, 5) is 44.4. The molecule has 0 atom stereocenters. The maximum atomic E-state index is 13.4. The Morgan fingerprint density at radius 3 is 2.53 bits per heavy atom. The average Bonchev–Trinajstić information content (AvgIpc) is 3.18. The van der Waals surface area contributed by atoms with E-state index in [2.05, 4.69) is 17.0 Å². The van der Waals surface area contributed by atoms with Crippen LogP contribution in [0, 0.1) is 6.92 Å². The smallest absolute Gasteiger partial charge is 0.350 e. The van der Waals surface area contributed by atoms with Gasteiger partial charge in [-0.3, -0.25) is 14.5 Å². The molecule has 0 aliphatic carbocycles. The molecule has 0 spiro atoms. The summed E-state index contributed by atoms with van der Waals surface area (Å²) >= 11 is 1.12. The maximum absolute atomic E-state index is 13.4. The standard InChI is InChI=1S/C23H26N4O4S/c1-4-6-10-15-26(23-24-16(3)20(32-23)22(30)31-5-2)21(29)18-13-14-19(28)27(25-18)17-11-8-7-9-12-17/h7-9,11-14H,4-6,10,15H2,1-3H3. The Hall–Kier alpha value is -3.33. The highest BCUT2D eigenvalue weighted by Gasteiger charge is 2.26. The van der Waals surface area contributed by atoms with Crippen molar-refractivity contribution in [1.29, 1.82) is 0 Å². The van der Waals surface area contributed by atoms with Gasteiger partial charge in [-0.25, -0.2) is 9.78 Å². The molecule has 0 bridgehead atoms. The number of para-hydroxylation sites is 1. The Morgan fingerprint density at radius 2 is 1.84 bits per heavy atom. The number of carbonyl (C=O) groups is 2. The van der Waals surface area contributed by atoms with Crippen LogP contribution >= 0.6 is 11.3 Å². The number of unbranched alkanes of at least 4 members (excludes halogenated alkanes) is 2. The van der Waals surface area contributed by atoms with Crippen molar-refractivity contribution < 1.29 is 14.3 Å². The van der Waals surface area contributed by atoms with Gasteiger partial charge in [0.25, 0.3) is 11.5 Å². The number of benzene rings is 1. The second kappa shape index (κ2) is 10.8. The SMILES string of the molecule is CCCCCN(C(=O)c1ccc(=O)n(-c2ccccc2)n1)c1nc(C)c(C(=O)OCC)s1. The second-order valence-electron chi connectivity index (χ2n) is 7.10. The third-order valence-corrected chi connectivity index (χ3v) is 5.89. The van der Waals surface area contributed by atoms with Crippen molar-refractivity contribution >= 4 is 28.3 Å². The molecule has 0 saturated heterocycles. The summed E-state index contributed by atoms with van der Waals surface area (Å²) in [6.45, 7) is 6.22. The molecule has 2 heterocycles. The Bertz CT molecular complexity index is 1140. The first-order valence-electron chi connectivity index (χ1n) is 10.6. The van der Waals surface area contributed by atoms with E-state index in [1.54, 1.807) is 38.1 Å². The van der Waals surface area contributed by atoms with Gasteiger partial charge in [0.15, 0.2) is 5.13 Å². The number of anilines is 1. The van der Waals surface area contributed by atoms with Crippen molar-refractivity contribution in [2.75, 3.05) is 18.1 Å². The van der Waals surface area contributed by atoms with Gasteiger partial charge in [0.1, 0.15) is 10.6 Å². The minimum atomic E-state index is -0.453. The molecule has 168 valence electrons. The molecular formula is C23H26N4O4S. The molecular weight excluding hydrogens is 428 g/mol. The normalized spacial score (nSPS) is 10.7. The van der Waals surface area contributed by atoms with Gasteiger partial charge in [0.05, 0.1) is 18.0 Å².